The molecule has 0 aliphatic rings. The molecule has 70 valence electrons. The van der Waals surface area contributed by atoms with Crippen LogP contribution in [0.15, 0.2) is 0 Å². The van der Waals surface area contributed by atoms with E-state index in [0.717, 1.165) is 0 Å². The van der Waals surface area contributed by atoms with Gasteiger partial charge in [-0.1, -0.05) is 6.92 Å². The van der Waals surface area contributed by atoms with Crippen LogP contribution in [0.1, 0.15) is 33.1 Å². The predicted molar refractivity (Wildman–Crippen MR) is 45.8 cm³/mol. The van der Waals surface area contributed by atoms with E-state index in [0.29, 0.717) is 6.42 Å². The molecule has 0 N–H and O–H groups in total. The summed E-state index contributed by atoms with van der Waals surface area (Å²) in [5.74, 6) is 0. The number of nitrogens with zero attached hydrogens (tertiary/aromatic N) is 1. The van der Waals surface area contributed by atoms with E-state index in [-0.39, 0.29) is 17.8 Å². The lowest BCUT2D eigenvalue weighted by molar-refractivity contribution is -0.566. The van der Waals surface area contributed by atoms with Crippen LogP contribution < -0.4 is 0 Å². The van der Waals surface area contributed by atoms with Gasteiger partial charge in [-0.2, -0.15) is 0 Å². The van der Waals surface area contributed by atoms with E-state index in [9.17, 15) is 14.9 Å². The summed E-state index contributed by atoms with van der Waals surface area (Å²) < 4.78 is 0. The summed E-state index contributed by atoms with van der Waals surface area (Å²) in [6.07, 6.45) is 0.676. The van der Waals surface area contributed by atoms with E-state index in [4.69, 9.17) is 11.6 Å². The molecule has 0 aliphatic heterocycles. The Bertz CT molecular complexity index is 195. The van der Waals surface area contributed by atoms with Gasteiger partial charge in [-0.3, -0.25) is 14.9 Å². The standard InChI is InChI=1S/C7H12ClNO3/c1-3-7(2,9(11)12)5-4-6(8)10/h3-5H2,1-2H3. The van der Waals surface area contributed by atoms with E-state index in [1.54, 1.807) is 6.92 Å². The first-order valence-corrected chi connectivity index (χ1v) is 4.13. The summed E-state index contributed by atoms with van der Waals surface area (Å²) in [5, 5.41) is 10.00. The average Bonchev–Trinajstić information content (AvgIpc) is 1.99. The fourth-order valence-corrected chi connectivity index (χ4v) is 0.859. The molecular weight excluding hydrogens is 182 g/mol. The van der Waals surface area contributed by atoms with E-state index in [1.165, 1.54) is 6.92 Å². The molecule has 0 aromatic heterocycles. The Labute approximate surface area is 76.0 Å². The lowest BCUT2D eigenvalue weighted by atomic mass is 9.94. The van der Waals surface area contributed by atoms with Gasteiger partial charge in [0.15, 0.2) is 0 Å². The molecule has 0 aromatic carbocycles. The molecule has 5 heteroatoms. The third-order valence-corrected chi connectivity index (χ3v) is 2.25. The van der Waals surface area contributed by atoms with Crippen molar-refractivity contribution in [3.8, 4) is 0 Å². The maximum atomic E-state index is 10.5. The molecule has 0 spiro atoms. The average molecular weight is 194 g/mol. The molecule has 1 atom stereocenters. The topological polar surface area (TPSA) is 60.2 Å². The SMILES string of the molecule is CCC(C)(CCC(=O)Cl)[N+](=O)[O-]. The zero-order valence-electron chi connectivity index (χ0n) is 7.17. The van der Waals surface area contributed by atoms with Crippen LogP contribution in [0.3, 0.4) is 0 Å². The van der Waals surface area contributed by atoms with E-state index in [1.807, 2.05) is 0 Å². The fraction of sp³-hybridized carbons (Fsp3) is 0.857. The zero-order chi connectivity index (χ0) is 9.78. The van der Waals surface area contributed by atoms with E-state index in [2.05, 4.69) is 0 Å². The van der Waals surface area contributed by atoms with Crippen molar-refractivity contribution < 1.29 is 9.72 Å². The van der Waals surface area contributed by atoms with Gasteiger partial charge >= 0.3 is 0 Å². The number of carbonyl (C=O) groups excluding carboxylic acids is 1. The molecule has 0 heterocycles. The maximum Gasteiger partial charge on any atom is 0.221 e. The Morgan fingerprint density at radius 1 is 1.67 bits per heavy atom. The normalized spacial score (nSPS) is 15.2. The van der Waals surface area contributed by atoms with Gasteiger partial charge in [0.1, 0.15) is 0 Å². The van der Waals surface area contributed by atoms with Gasteiger partial charge in [-0.25, -0.2) is 0 Å². The molecule has 12 heavy (non-hydrogen) atoms. The number of halogens is 1. The van der Waals surface area contributed by atoms with Crippen molar-refractivity contribution in [3.63, 3.8) is 0 Å². The molecule has 0 radical (unpaired) electrons. The van der Waals surface area contributed by atoms with Crippen LogP contribution in [0, 0.1) is 10.1 Å². The molecule has 0 amide bonds. The van der Waals surface area contributed by atoms with Crippen molar-refractivity contribution in [2.45, 2.75) is 38.6 Å². The maximum absolute atomic E-state index is 10.5. The minimum Gasteiger partial charge on any atom is -0.281 e. The second-order valence-corrected chi connectivity index (χ2v) is 3.38. The molecular formula is C7H12ClNO3. The second kappa shape index (κ2) is 4.40. The van der Waals surface area contributed by atoms with Crippen LogP contribution in [0.25, 0.3) is 0 Å². The lowest BCUT2D eigenvalue weighted by Gasteiger charge is -2.17. The van der Waals surface area contributed by atoms with Crippen molar-refractivity contribution in [2.75, 3.05) is 0 Å². The molecule has 0 saturated heterocycles. The largest absolute Gasteiger partial charge is 0.281 e. The third kappa shape index (κ3) is 3.17. The molecule has 0 aliphatic carbocycles. The van der Waals surface area contributed by atoms with Crippen molar-refractivity contribution in [3.05, 3.63) is 10.1 Å². The highest BCUT2D eigenvalue weighted by atomic mass is 35.5. The first-order valence-electron chi connectivity index (χ1n) is 3.75. The molecule has 4 nitrogen and oxygen atoms in total. The van der Waals surface area contributed by atoms with Gasteiger partial charge < -0.3 is 0 Å². The third-order valence-electron chi connectivity index (χ3n) is 2.06. The highest BCUT2D eigenvalue weighted by Crippen LogP contribution is 2.20. The Kier molecular flexibility index (Phi) is 4.17. The Morgan fingerprint density at radius 3 is 2.42 bits per heavy atom. The second-order valence-electron chi connectivity index (χ2n) is 2.96. The monoisotopic (exact) mass is 193 g/mol. The quantitative estimate of drug-likeness (QED) is 0.381. The summed E-state index contributed by atoms with van der Waals surface area (Å²) in [6, 6.07) is 0. The zero-order valence-corrected chi connectivity index (χ0v) is 7.93. The van der Waals surface area contributed by atoms with Crippen molar-refractivity contribution in [1.29, 1.82) is 0 Å². The first-order chi connectivity index (χ1) is 5.42. The molecule has 0 rings (SSSR count). The van der Waals surface area contributed by atoms with E-state index >= 15 is 0 Å². The highest BCUT2D eigenvalue weighted by Gasteiger charge is 2.34. The van der Waals surface area contributed by atoms with Crippen molar-refractivity contribution >= 4 is 16.8 Å². The first kappa shape index (κ1) is 11.4. The fourth-order valence-electron chi connectivity index (χ4n) is 0.765. The Morgan fingerprint density at radius 2 is 2.17 bits per heavy atom. The van der Waals surface area contributed by atoms with Crippen LogP contribution in [-0.2, 0) is 4.79 Å². The number of nitro groups is 1. The lowest BCUT2D eigenvalue weighted by Crippen LogP contribution is -2.34. The summed E-state index contributed by atoms with van der Waals surface area (Å²) in [6.45, 7) is 3.24. The molecule has 0 fully saturated rings. The van der Waals surface area contributed by atoms with Gasteiger partial charge in [-0.15, -0.1) is 0 Å². The minimum atomic E-state index is -1.01. The number of rotatable bonds is 5. The van der Waals surface area contributed by atoms with Gasteiger partial charge in [0, 0.05) is 31.1 Å². The van der Waals surface area contributed by atoms with Crippen LogP contribution in [0.4, 0.5) is 0 Å². The van der Waals surface area contributed by atoms with Gasteiger partial charge in [0.05, 0.1) is 0 Å². The van der Waals surface area contributed by atoms with Crippen LogP contribution in [0.5, 0.6) is 0 Å². The predicted octanol–water partition coefficient (Wildman–Crippen LogP) is 1.98. The molecule has 0 saturated carbocycles. The number of carbonyl (C=O) groups is 1. The van der Waals surface area contributed by atoms with Crippen molar-refractivity contribution in [2.24, 2.45) is 0 Å². The van der Waals surface area contributed by atoms with E-state index < -0.39 is 10.8 Å². The minimum absolute atomic E-state index is 0.0624. The van der Waals surface area contributed by atoms with Gasteiger partial charge in [0.2, 0.25) is 10.8 Å². The Balaban J connectivity index is 4.15. The van der Waals surface area contributed by atoms with Crippen LogP contribution >= 0.6 is 11.6 Å². The summed E-state index contributed by atoms with van der Waals surface area (Å²) >= 11 is 5.08. The van der Waals surface area contributed by atoms with Gasteiger partial charge in [0.25, 0.3) is 0 Å². The molecule has 0 bridgehead atoms. The van der Waals surface area contributed by atoms with Crippen LogP contribution in [-0.4, -0.2) is 15.7 Å². The number of hydrogen-bond donors (Lipinski definition) is 0. The Hall–Kier alpha value is -0.640. The highest BCUT2D eigenvalue weighted by molar-refractivity contribution is 6.63. The smallest absolute Gasteiger partial charge is 0.221 e. The van der Waals surface area contributed by atoms with Gasteiger partial charge in [-0.05, 0) is 11.6 Å². The van der Waals surface area contributed by atoms with Crippen molar-refractivity contribution in [1.82, 2.24) is 0 Å². The molecule has 1 unspecified atom stereocenters. The summed E-state index contributed by atoms with van der Waals surface area (Å²) in [5.41, 5.74) is -1.01. The van der Waals surface area contributed by atoms with Crippen LogP contribution in [0.2, 0.25) is 0 Å². The molecule has 0 aromatic rings. The number of hydrogen-bond acceptors (Lipinski definition) is 3. The summed E-state index contributed by atoms with van der Waals surface area (Å²) in [4.78, 5) is 20.5. The summed E-state index contributed by atoms with van der Waals surface area (Å²) in [7, 11) is 0.